The lowest BCUT2D eigenvalue weighted by Crippen LogP contribution is -2.41. The Morgan fingerprint density at radius 3 is 2.56 bits per heavy atom. The molecule has 0 spiro atoms. The smallest absolute Gasteiger partial charge is 0.149 e. The number of hydrogen-bond donors (Lipinski definition) is 7. The van der Waals surface area contributed by atoms with Gasteiger partial charge in [-0.15, -0.1) is 0 Å². The summed E-state index contributed by atoms with van der Waals surface area (Å²) in [6.07, 6.45) is 19.2. The van der Waals surface area contributed by atoms with E-state index in [-0.39, 0.29) is 6.17 Å². The average molecular weight is 580 g/mol. The minimum absolute atomic E-state index is 0.238. The molecule has 0 bridgehead atoms. The van der Waals surface area contributed by atoms with E-state index < -0.39 is 12.2 Å². The highest BCUT2D eigenvalue weighted by Crippen LogP contribution is 2.25. The summed E-state index contributed by atoms with van der Waals surface area (Å²) in [5.74, 6) is 5.99. The van der Waals surface area contributed by atoms with Crippen molar-refractivity contribution < 1.29 is 19.0 Å². The molecule has 0 saturated heterocycles. The molecule has 0 aliphatic heterocycles. The fraction of sp³-hybridized carbons (Fsp3) is 0.700. The molecule has 236 valence electrons. The van der Waals surface area contributed by atoms with Gasteiger partial charge in [-0.05, 0) is 95.5 Å². The molecule has 41 heavy (non-hydrogen) atoms. The third-order valence-corrected chi connectivity index (χ3v) is 6.45. The first kappa shape index (κ1) is 36.6. The number of rotatable bonds is 27. The van der Waals surface area contributed by atoms with Crippen molar-refractivity contribution in [2.45, 2.75) is 95.9 Å². The average Bonchev–Trinajstić information content (AvgIpc) is 2.98. The molecule has 1 unspecified atom stereocenters. The second kappa shape index (κ2) is 25.3. The molecule has 0 radical (unpaired) electrons. The summed E-state index contributed by atoms with van der Waals surface area (Å²) < 4.78 is 18.7. The molecule has 11 N–H and O–H groups in total. The Morgan fingerprint density at radius 2 is 1.80 bits per heavy atom. The molecule has 0 fully saturated rings. The molecule has 1 rings (SSSR count). The quantitative estimate of drug-likeness (QED) is 0.0249. The SMILES string of the molecule is CCCN/C=C/CCCCOC1C(OCCCC[C@@H](N)NN)=CC(C=O)=C[C@@H]1OCCCC/C(N)=C/NCCCN. The Kier molecular flexibility index (Phi) is 22.6. The van der Waals surface area contributed by atoms with E-state index in [1.807, 2.05) is 18.5 Å². The Balaban J connectivity index is 2.64. The van der Waals surface area contributed by atoms with Gasteiger partial charge >= 0.3 is 0 Å². The van der Waals surface area contributed by atoms with Gasteiger partial charge in [0.1, 0.15) is 24.3 Å². The van der Waals surface area contributed by atoms with Crippen molar-refractivity contribution in [3.8, 4) is 0 Å². The van der Waals surface area contributed by atoms with Gasteiger partial charge in [-0.1, -0.05) is 13.0 Å². The number of hydrazine groups is 1. The van der Waals surface area contributed by atoms with Crippen molar-refractivity contribution >= 4 is 6.29 Å². The summed E-state index contributed by atoms with van der Waals surface area (Å²) in [6.45, 7) is 6.19. The predicted molar refractivity (Wildman–Crippen MR) is 166 cm³/mol. The van der Waals surface area contributed by atoms with E-state index in [1.165, 1.54) is 0 Å². The van der Waals surface area contributed by atoms with E-state index in [2.05, 4.69) is 29.1 Å². The summed E-state index contributed by atoms with van der Waals surface area (Å²) in [6, 6.07) is 0. The first-order valence-corrected chi connectivity index (χ1v) is 15.3. The van der Waals surface area contributed by atoms with Crippen molar-refractivity contribution in [2.24, 2.45) is 23.0 Å². The Hall–Kier alpha value is -2.41. The lowest BCUT2D eigenvalue weighted by molar-refractivity contribution is -0.105. The van der Waals surface area contributed by atoms with Crippen LogP contribution in [-0.2, 0) is 19.0 Å². The van der Waals surface area contributed by atoms with Crippen LogP contribution in [0.15, 0.2) is 47.7 Å². The number of carbonyl (C=O) groups excluding carboxylic acids is 1. The number of nitrogens with one attached hydrogen (secondary N) is 3. The number of carbonyl (C=O) groups is 1. The normalized spacial score (nSPS) is 18.2. The molecular formula is C30H57N7O4. The zero-order valence-electron chi connectivity index (χ0n) is 25.2. The number of nitrogens with two attached hydrogens (primary N) is 4. The van der Waals surface area contributed by atoms with Crippen LogP contribution in [-0.4, -0.2) is 64.1 Å². The van der Waals surface area contributed by atoms with E-state index in [1.54, 1.807) is 6.08 Å². The second-order valence-electron chi connectivity index (χ2n) is 10.2. The van der Waals surface area contributed by atoms with Gasteiger partial charge in [-0.25, -0.2) is 5.43 Å². The summed E-state index contributed by atoms with van der Waals surface area (Å²) in [4.78, 5) is 11.7. The summed E-state index contributed by atoms with van der Waals surface area (Å²) in [7, 11) is 0. The number of ether oxygens (including phenoxy) is 3. The Bertz CT molecular complexity index is 789. The topological polar surface area (TPSA) is 185 Å². The summed E-state index contributed by atoms with van der Waals surface area (Å²) >= 11 is 0. The maximum Gasteiger partial charge on any atom is 0.149 e. The van der Waals surface area contributed by atoms with Crippen LogP contribution in [0.5, 0.6) is 0 Å². The van der Waals surface area contributed by atoms with Crippen LogP contribution in [0.4, 0.5) is 0 Å². The van der Waals surface area contributed by atoms with Gasteiger partial charge in [0.05, 0.1) is 12.8 Å². The van der Waals surface area contributed by atoms with E-state index in [0.29, 0.717) is 37.7 Å². The number of aldehydes is 1. The third-order valence-electron chi connectivity index (χ3n) is 6.45. The first-order valence-electron chi connectivity index (χ1n) is 15.3. The Morgan fingerprint density at radius 1 is 1.02 bits per heavy atom. The van der Waals surface area contributed by atoms with E-state index in [0.717, 1.165) is 95.7 Å². The van der Waals surface area contributed by atoms with Crippen molar-refractivity contribution in [1.29, 1.82) is 0 Å². The zero-order chi connectivity index (χ0) is 30.0. The molecule has 1 aliphatic rings. The minimum atomic E-state index is -0.412. The molecule has 0 aromatic heterocycles. The van der Waals surface area contributed by atoms with Gasteiger partial charge in [-0.2, -0.15) is 0 Å². The van der Waals surface area contributed by atoms with Gasteiger partial charge in [0, 0.05) is 43.8 Å². The van der Waals surface area contributed by atoms with Crippen LogP contribution in [0.3, 0.4) is 0 Å². The molecule has 0 heterocycles. The highest BCUT2D eigenvalue weighted by molar-refractivity contribution is 5.78. The van der Waals surface area contributed by atoms with Crippen LogP contribution in [0.25, 0.3) is 0 Å². The number of hydrogen-bond acceptors (Lipinski definition) is 11. The third kappa shape index (κ3) is 18.6. The zero-order valence-corrected chi connectivity index (χ0v) is 25.2. The van der Waals surface area contributed by atoms with Crippen molar-refractivity contribution in [1.82, 2.24) is 16.1 Å². The van der Waals surface area contributed by atoms with Crippen LogP contribution in [0.1, 0.15) is 77.6 Å². The number of unbranched alkanes of at least 4 members (excludes halogenated alkanes) is 4. The van der Waals surface area contributed by atoms with E-state index >= 15 is 0 Å². The van der Waals surface area contributed by atoms with E-state index in [4.69, 9.17) is 37.3 Å². The Labute approximate surface area is 247 Å². The monoisotopic (exact) mass is 579 g/mol. The van der Waals surface area contributed by atoms with Crippen LogP contribution in [0.2, 0.25) is 0 Å². The lowest BCUT2D eigenvalue weighted by atomic mass is 10.0. The van der Waals surface area contributed by atoms with Gasteiger partial charge in [0.15, 0.2) is 0 Å². The minimum Gasteiger partial charge on any atom is -0.495 e. The molecular weight excluding hydrogens is 522 g/mol. The molecule has 11 heteroatoms. The fourth-order valence-electron chi connectivity index (χ4n) is 4.08. The van der Waals surface area contributed by atoms with Crippen LogP contribution >= 0.6 is 0 Å². The van der Waals surface area contributed by atoms with Gasteiger partial charge in [-0.3, -0.25) is 10.6 Å². The van der Waals surface area contributed by atoms with Gasteiger partial charge in [0.25, 0.3) is 0 Å². The number of allylic oxidation sites excluding steroid dienone is 4. The second-order valence-corrected chi connectivity index (χ2v) is 10.2. The van der Waals surface area contributed by atoms with Crippen LogP contribution < -0.4 is 39.1 Å². The highest BCUT2D eigenvalue weighted by Gasteiger charge is 2.30. The summed E-state index contributed by atoms with van der Waals surface area (Å²) in [5, 5.41) is 6.44. The predicted octanol–water partition coefficient (Wildman–Crippen LogP) is 2.31. The maximum absolute atomic E-state index is 11.7. The summed E-state index contributed by atoms with van der Waals surface area (Å²) in [5.41, 5.74) is 21.3. The molecule has 0 amide bonds. The molecule has 3 atom stereocenters. The molecule has 1 aliphatic carbocycles. The van der Waals surface area contributed by atoms with Crippen molar-refractivity contribution in [3.05, 3.63) is 47.7 Å². The van der Waals surface area contributed by atoms with Gasteiger partial charge in [0.2, 0.25) is 0 Å². The van der Waals surface area contributed by atoms with Crippen molar-refractivity contribution in [3.63, 3.8) is 0 Å². The van der Waals surface area contributed by atoms with Crippen molar-refractivity contribution in [2.75, 3.05) is 39.5 Å². The largest absolute Gasteiger partial charge is 0.495 e. The lowest BCUT2D eigenvalue weighted by Gasteiger charge is -2.30. The van der Waals surface area contributed by atoms with E-state index in [9.17, 15) is 4.79 Å². The first-order chi connectivity index (χ1) is 20.0. The fourth-order valence-corrected chi connectivity index (χ4v) is 4.08. The molecule has 0 aromatic carbocycles. The molecule has 0 saturated carbocycles. The van der Waals surface area contributed by atoms with Crippen LogP contribution in [0, 0.1) is 0 Å². The molecule has 11 nitrogen and oxygen atoms in total. The highest BCUT2D eigenvalue weighted by atomic mass is 16.6. The maximum atomic E-state index is 11.7. The molecule has 0 aromatic rings. The standard InChI is InChI=1S/C30H57N7O4/c1-2-15-35-16-7-3-4-8-20-41-30-27(39-18-9-5-12-26(32)23-36-17-11-14-31)21-25(24-38)22-28(30)40-19-10-6-13-29(33)37-34/h7,16,21-24,27,29-30,35-37H,2-6,8-15,17-20,31-34H2,1H3/b16-7+,26-23-/t27-,29-,30?/m0/s1. The van der Waals surface area contributed by atoms with Gasteiger partial charge < -0.3 is 42.0 Å².